The Morgan fingerprint density at radius 2 is 2.06 bits per heavy atom. The van der Waals surface area contributed by atoms with Crippen molar-refractivity contribution in [2.24, 2.45) is 0 Å². The van der Waals surface area contributed by atoms with E-state index in [4.69, 9.17) is 17.0 Å². The number of H-pyrrole nitrogens is 1. The predicted octanol–water partition coefficient (Wildman–Crippen LogP) is 3.94. The lowest BCUT2D eigenvalue weighted by Crippen LogP contribution is -1.94. The van der Waals surface area contributed by atoms with Gasteiger partial charge in [0.1, 0.15) is 5.75 Å². The number of hydrogen-bond acceptors (Lipinski definition) is 3. The van der Waals surface area contributed by atoms with Crippen LogP contribution >= 0.6 is 12.2 Å². The third kappa shape index (κ3) is 2.59. The highest BCUT2D eigenvalue weighted by Crippen LogP contribution is 2.31. The van der Waals surface area contributed by atoms with Gasteiger partial charge in [0.05, 0.1) is 12.8 Å². The van der Waals surface area contributed by atoms with E-state index in [-0.39, 0.29) is 0 Å². The topological polar surface area (TPSA) is 37.9 Å². The van der Waals surface area contributed by atoms with Gasteiger partial charge in [-0.25, -0.2) is 4.98 Å². The zero-order chi connectivity index (χ0) is 13.1. The van der Waals surface area contributed by atoms with Gasteiger partial charge in [0, 0.05) is 11.8 Å². The molecule has 1 aromatic heterocycles. The van der Waals surface area contributed by atoms with Crippen molar-refractivity contribution in [2.75, 3.05) is 7.11 Å². The largest absolute Gasteiger partial charge is 0.496 e. The maximum atomic E-state index is 5.40. The van der Waals surface area contributed by atoms with E-state index >= 15 is 0 Å². The number of ether oxygens (including phenoxy) is 1. The minimum atomic E-state index is 0.472. The molecule has 2 rings (SSSR count). The number of aromatic amines is 1. The number of hydrogen-bond donors (Lipinski definition) is 1. The Hall–Kier alpha value is -1.68. The highest BCUT2D eigenvalue weighted by molar-refractivity contribution is 7.71. The number of nitrogens with zero attached hydrogens (tertiary/aromatic N) is 1. The molecule has 0 atom stereocenters. The van der Waals surface area contributed by atoms with Gasteiger partial charge in [-0.1, -0.05) is 19.9 Å². The van der Waals surface area contributed by atoms with Crippen molar-refractivity contribution >= 4 is 12.2 Å². The molecular weight excluding hydrogens is 244 g/mol. The van der Waals surface area contributed by atoms with Crippen LogP contribution in [0, 0.1) is 4.77 Å². The van der Waals surface area contributed by atoms with Crippen LogP contribution in [0.5, 0.6) is 5.75 Å². The smallest absolute Gasteiger partial charge is 0.197 e. The molecule has 94 valence electrons. The van der Waals surface area contributed by atoms with Gasteiger partial charge in [-0.15, -0.1) is 0 Å². The summed E-state index contributed by atoms with van der Waals surface area (Å²) in [5, 5.41) is 0. The van der Waals surface area contributed by atoms with Crippen molar-refractivity contribution < 1.29 is 4.74 Å². The van der Waals surface area contributed by atoms with Crippen LogP contribution in [0.3, 0.4) is 0 Å². The van der Waals surface area contributed by atoms with Crippen molar-refractivity contribution in [3.8, 4) is 17.0 Å². The second-order valence-corrected chi connectivity index (χ2v) is 4.79. The quantitative estimate of drug-likeness (QED) is 0.849. The van der Waals surface area contributed by atoms with Crippen LogP contribution in [0.1, 0.15) is 25.3 Å². The van der Waals surface area contributed by atoms with Crippen molar-refractivity contribution in [1.82, 2.24) is 9.97 Å². The van der Waals surface area contributed by atoms with Gasteiger partial charge >= 0.3 is 0 Å². The van der Waals surface area contributed by atoms with Crippen LogP contribution < -0.4 is 4.74 Å². The maximum absolute atomic E-state index is 5.40. The third-order valence-corrected chi connectivity index (χ3v) is 3.06. The third-order valence-electron chi connectivity index (χ3n) is 2.85. The molecule has 0 radical (unpaired) electrons. The highest BCUT2D eigenvalue weighted by atomic mass is 32.1. The van der Waals surface area contributed by atoms with Crippen molar-refractivity contribution in [1.29, 1.82) is 0 Å². The van der Waals surface area contributed by atoms with E-state index in [1.54, 1.807) is 13.3 Å². The summed E-state index contributed by atoms with van der Waals surface area (Å²) in [5.74, 6) is 1.30. The monoisotopic (exact) mass is 260 g/mol. The summed E-state index contributed by atoms with van der Waals surface area (Å²) in [6, 6.07) is 8.10. The second-order valence-electron chi connectivity index (χ2n) is 4.40. The van der Waals surface area contributed by atoms with Gasteiger partial charge in [-0.3, -0.25) is 0 Å². The Bertz CT molecular complexity index is 605. The predicted molar refractivity (Wildman–Crippen MR) is 75.5 cm³/mol. The normalized spacial score (nSPS) is 10.7. The molecule has 0 aliphatic rings. The molecule has 0 amide bonds. The summed E-state index contributed by atoms with van der Waals surface area (Å²) in [6.07, 6.45) is 1.70. The van der Waals surface area contributed by atoms with Crippen molar-refractivity contribution in [2.45, 2.75) is 19.8 Å². The number of methoxy groups -OCH3 is 1. The zero-order valence-corrected chi connectivity index (χ0v) is 11.5. The molecule has 0 aliphatic carbocycles. The summed E-state index contributed by atoms with van der Waals surface area (Å²) >= 11 is 5.06. The first-order valence-corrected chi connectivity index (χ1v) is 6.26. The van der Waals surface area contributed by atoms with E-state index in [2.05, 4.69) is 35.9 Å². The van der Waals surface area contributed by atoms with Crippen LogP contribution in [0.15, 0.2) is 30.5 Å². The van der Waals surface area contributed by atoms with Crippen LogP contribution in [0.4, 0.5) is 0 Å². The minimum absolute atomic E-state index is 0.472. The molecule has 2 aromatic rings. The molecule has 0 unspecified atom stereocenters. The first kappa shape index (κ1) is 12.8. The van der Waals surface area contributed by atoms with Gasteiger partial charge in [0.15, 0.2) is 4.77 Å². The fourth-order valence-electron chi connectivity index (χ4n) is 1.82. The van der Waals surface area contributed by atoms with E-state index in [1.807, 2.05) is 12.1 Å². The first-order valence-electron chi connectivity index (χ1n) is 5.85. The van der Waals surface area contributed by atoms with Crippen LogP contribution in [0.2, 0.25) is 0 Å². The summed E-state index contributed by atoms with van der Waals surface area (Å²) in [5.41, 5.74) is 3.20. The molecule has 0 saturated heterocycles. The summed E-state index contributed by atoms with van der Waals surface area (Å²) < 4.78 is 5.88. The Balaban J connectivity index is 2.60. The van der Waals surface area contributed by atoms with E-state index in [0.29, 0.717) is 10.7 Å². The number of aromatic nitrogens is 2. The molecule has 0 saturated carbocycles. The molecule has 1 heterocycles. The number of nitrogens with one attached hydrogen (secondary N) is 1. The standard InChI is InChI=1S/C14H16N2OS/c1-9(2)10-4-5-13(17-3)11(8-10)12-6-7-15-14(18)16-12/h4-9H,1-3H3,(H,15,16,18). The van der Waals surface area contributed by atoms with Crippen LogP contribution in [-0.2, 0) is 0 Å². The maximum Gasteiger partial charge on any atom is 0.197 e. The van der Waals surface area contributed by atoms with E-state index in [9.17, 15) is 0 Å². The molecule has 4 heteroatoms. The van der Waals surface area contributed by atoms with Gasteiger partial charge in [-0.05, 0) is 41.9 Å². The Kier molecular flexibility index (Phi) is 3.77. The van der Waals surface area contributed by atoms with Crippen molar-refractivity contribution in [3.05, 3.63) is 40.8 Å². The van der Waals surface area contributed by atoms with E-state index < -0.39 is 0 Å². The zero-order valence-electron chi connectivity index (χ0n) is 10.7. The average Bonchev–Trinajstić information content (AvgIpc) is 2.38. The number of benzene rings is 1. The van der Waals surface area contributed by atoms with Crippen LogP contribution in [0.25, 0.3) is 11.3 Å². The Morgan fingerprint density at radius 1 is 1.28 bits per heavy atom. The molecule has 3 nitrogen and oxygen atoms in total. The molecular formula is C14H16N2OS. The molecule has 0 aliphatic heterocycles. The minimum Gasteiger partial charge on any atom is -0.496 e. The van der Waals surface area contributed by atoms with Gasteiger partial charge < -0.3 is 9.72 Å². The lowest BCUT2D eigenvalue weighted by atomic mass is 9.99. The molecule has 1 N–H and O–H groups in total. The Labute approximate surface area is 112 Å². The molecule has 1 aromatic carbocycles. The lowest BCUT2D eigenvalue weighted by Gasteiger charge is -2.12. The molecule has 0 bridgehead atoms. The molecule has 0 spiro atoms. The Morgan fingerprint density at radius 3 is 2.67 bits per heavy atom. The molecule has 0 fully saturated rings. The van der Waals surface area contributed by atoms with E-state index in [0.717, 1.165) is 17.0 Å². The SMILES string of the molecule is COc1ccc(C(C)C)cc1-c1ccnc(=S)[nH]1. The number of rotatable bonds is 3. The molecule has 18 heavy (non-hydrogen) atoms. The first-order chi connectivity index (χ1) is 8.61. The second kappa shape index (κ2) is 5.31. The lowest BCUT2D eigenvalue weighted by molar-refractivity contribution is 0.416. The van der Waals surface area contributed by atoms with Gasteiger partial charge in [0.2, 0.25) is 0 Å². The van der Waals surface area contributed by atoms with Crippen molar-refractivity contribution in [3.63, 3.8) is 0 Å². The van der Waals surface area contributed by atoms with Crippen LogP contribution in [-0.4, -0.2) is 17.1 Å². The van der Waals surface area contributed by atoms with E-state index in [1.165, 1.54) is 5.56 Å². The van der Waals surface area contributed by atoms with Gasteiger partial charge in [0.25, 0.3) is 0 Å². The van der Waals surface area contributed by atoms with Gasteiger partial charge in [-0.2, -0.15) is 0 Å². The fourth-order valence-corrected chi connectivity index (χ4v) is 1.99. The average molecular weight is 260 g/mol. The summed E-state index contributed by atoms with van der Waals surface area (Å²) in [7, 11) is 1.67. The summed E-state index contributed by atoms with van der Waals surface area (Å²) in [6.45, 7) is 4.33. The fraction of sp³-hybridized carbons (Fsp3) is 0.286. The highest BCUT2D eigenvalue weighted by Gasteiger charge is 2.09. The summed E-state index contributed by atoms with van der Waals surface area (Å²) in [4.78, 5) is 7.08.